The van der Waals surface area contributed by atoms with Gasteiger partial charge >= 0.3 is 0 Å². The van der Waals surface area contributed by atoms with Crippen LogP contribution in [0.15, 0.2) is 24.3 Å². The number of ether oxygens (including phenoxy) is 1. The van der Waals surface area contributed by atoms with Gasteiger partial charge in [-0.05, 0) is 31.9 Å². The van der Waals surface area contributed by atoms with E-state index in [1.165, 1.54) is 0 Å². The van der Waals surface area contributed by atoms with Crippen molar-refractivity contribution >= 4 is 11.8 Å². The predicted molar refractivity (Wildman–Crippen MR) is 80.4 cm³/mol. The fourth-order valence-electron chi connectivity index (χ4n) is 2.64. The van der Waals surface area contributed by atoms with Gasteiger partial charge in [-0.1, -0.05) is 12.1 Å². The van der Waals surface area contributed by atoms with E-state index in [0.717, 1.165) is 12.8 Å². The standard InChI is InChI=1S/C16H22N2O3/c1-4-21-14-10-6-5-8-12(14)15(19)18-11-7-9-13(18)16(20)17(2)3/h5-6,8,10,13H,4,7,9,11H2,1-3H3/t13-/m1/s1. The molecule has 5 nitrogen and oxygen atoms in total. The normalized spacial score (nSPS) is 17.7. The maximum absolute atomic E-state index is 12.8. The Bertz CT molecular complexity index is 528. The van der Waals surface area contributed by atoms with E-state index in [9.17, 15) is 9.59 Å². The SMILES string of the molecule is CCOc1ccccc1C(=O)N1CCC[C@@H]1C(=O)N(C)C. The lowest BCUT2D eigenvalue weighted by Gasteiger charge is -2.26. The average molecular weight is 290 g/mol. The molecule has 0 radical (unpaired) electrons. The van der Waals surface area contributed by atoms with E-state index in [2.05, 4.69) is 0 Å². The van der Waals surface area contributed by atoms with E-state index in [0.29, 0.717) is 24.5 Å². The van der Waals surface area contributed by atoms with Crippen LogP contribution in [-0.4, -0.2) is 54.9 Å². The predicted octanol–water partition coefficient (Wildman–Crippen LogP) is 1.78. The number of likely N-dealkylation sites (tertiary alicyclic amines) is 1. The zero-order chi connectivity index (χ0) is 15.4. The van der Waals surface area contributed by atoms with Crippen molar-refractivity contribution in [2.45, 2.75) is 25.8 Å². The third-order valence-electron chi connectivity index (χ3n) is 3.66. The van der Waals surface area contributed by atoms with Crippen LogP contribution in [-0.2, 0) is 4.79 Å². The number of amides is 2. The second-order valence-corrected chi connectivity index (χ2v) is 5.32. The summed E-state index contributed by atoms with van der Waals surface area (Å²) in [7, 11) is 3.44. The van der Waals surface area contributed by atoms with Crippen LogP contribution < -0.4 is 4.74 Å². The monoisotopic (exact) mass is 290 g/mol. The largest absolute Gasteiger partial charge is 0.493 e. The Kier molecular flexibility index (Phi) is 4.83. The molecule has 1 heterocycles. The fourth-order valence-corrected chi connectivity index (χ4v) is 2.64. The Hall–Kier alpha value is -2.04. The van der Waals surface area contributed by atoms with Gasteiger partial charge in [-0.15, -0.1) is 0 Å². The number of rotatable bonds is 4. The Labute approximate surface area is 125 Å². The number of carbonyl (C=O) groups is 2. The summed E-state index contributed by atoms with van der Waals surface area (Å²) in [5, 5.41) is 0. The molecule has 0 unspecified atom stereocenters. The molecule has 0 spiro atoms. The molecule has 0 N–H and O–H groups in total. The van der Waals surface area contributed by atoms with Gasteiger partial charge in [-0.2, -0.15) is 0 Å². The molecule has 1 aromatic carbocycles. The summed E-state index contributed by atoms with van der Waals surface area (Å²) in [4.78, 5) is 28.2. The molecule has 21 heavy (non-hydrogen) atoms. The average Bonchev–Trinajstić information content (AvgIpc) is 2.95. The molecule has 5 heteroatoms. The first kappa shape index (κ1) is 15.4. The van der Waals surface area contributed by atoms with Gasteiger partial charge in [0.05, 0.1) is 12.2 Å². The van der Waals surface area contributed by atoms with Gasteiger partial charge < -0.3 is 14.5 Å². The van der Waals surface area contributed by atoms with E-state index >= 15 is 0 Å². The van der Waals surface area contributed by atoms with Crippen molar-refractivity contribution in [1.29, 1.82) is 0 Å². The van der Waals surface area contributed by atoms with Crippen molar-refractivity contribution in [1.82, 2.24) is 9.80 Å². The summed E-state index contributed by atoms with van der Waals surface area (Å²) < 4.78 is 5.52. The van der Waals surface area contributed by atoms with Gasteiger partial charge in [0.1, 0.15) is 11.8 Å². The van der Waals surface area contributed by atoms with Gasteiger partial charge in [0.25, 0.3) is 5.91 Å². The van der Waals surface area contributed by atoms with Crippen LogP contribution >= 0.6 is 0 Å². The Morgan fingerprint density at radius 2 is 2.05 bits per heavy atom. The minimum Gasteiger partial charge on any atom is -0.493 e. The van der Waals surface area contributed by atoms with Crippen molar-refractivity contribution in [3.8, 4) is 5.75 Å². The number of hydrogen-bond donors (Lipinski definition) is 0. The van der Waals surface area contributed by atoms with E-state index < -0.39 is 0 Å². The second-order valence-electron chi connectivity index (χ2n) is 5.32. The molecule has 2 rings (SSSR count). The Morgan fingerprint density at radius 3 is 2.71 bits per heavy atom. The smallest absolute Gasteiger partial charge is 0.258 e. The van der Waals surface area contributed by atoms with Gasteiger partial charge in [-0.3, -0.25) is 9.59 Å². The van der Waals surface area contributed by atoms with Gasteiger partial charge in [-0.25, -0.2) is 0 Å². The van der Waals surface area contributed by atoms with E-state index in [4.69, 9.17) is 4.74 Å². The molecular weight excluding hydrogens is 268 g/mol. The first-order chi connectivity index (χ1) is 10.1. The number of hydrogen-bond acceptors (Lipinski definition) is 3. The van der Waals surface area contributed by atoms with Crippen LogP contribution in [0, 0.1) is 0 Å². The minimum absolute atomic E-state index is 0.0188. The molecule has 1 atom stereocenters. The van der Waals surface area contributed by atoms with E-state index in [-0.39, 0.29) is 17.9 Å². The van der Waals surface area contributed by atoms with Crippen LogP contribution in [0.2, 0.25) is 0 Å². The summed E-state index contributed by atoms with van der Waals surface area (Å²) in [5.74, 6) is 0.430. The first-order valence-electron chi connectivity index (χ1n) is 7.30. The maximum atomic E-state index is 12.8. The molecule has 0 aromatic heterocycles. The zero-order valence-corrected chi connectivity index (χ0v) is 12.8. The van der Waals surface area contributed by atoms with E-state index in [1.807, 2.05) is 19.1 Å². The third kappa shape index (κ3) is 3.17. The molecular formula is C16H22N2O3. The molecule has 0 bridgehead atoms. The summed E-state index contributed by atoms with van der Waals surface area (Å²) in [6.45, 7) is 3.00. The minimum atomic E-state index is -0.359. The van der Waals surface area contributed by atoms with Gasteiger partial charge in [0, 0.05) is 20.6 Å². The molecule has 1 fully saturated rings. The van der Waals surface area contributed by atoms with Crippen molar-refractivity contribution in [3.63, 3.8) is 0 Å². The first-order valence-corrected chi connectivity index (χ1v) is 7.30. The lowest BCUT2D eigenvalue weighted by molar-refractivity contribution is -0.132. The van der Waals surface area contributed by atoms with Gasteiger partial charge in [0.15, 0.2) is 0 Å². The zero-order valence-electron chi connectivity index (χ0n) is 12.8. The second kappa shape index (κ2) is 6.61. The molecule has 1 saturated heterocycles. The highest BCUT2D eigenvalue weighted by Crippen LogP contribution is 2.25. The number of likely N-dealkylation sites (N-methyl/N-ethyl adjacent to an activating group) is 1. The summed E-state index contributed by atoms with van der Waals surface area (Å²) in [6.07, 6.45) is 1.58. The molecule has 0 aliphatic carbocycles. The van der Waals surface area contributed by atoms with Crippen LogP contribution in [0.5, 0.6) is 5.75 Å². The quantitative estimate of drug-likeness (QED) is 0.849. The summed E-state index contributed by atoms with van der Waals surface area (Å²) >= 11 is 0. The number of carbonyl (C=O) groups excluding carboxylic acids is 2. The van der Waals surface area contributed by atoms with Crippen LogP contribution in [0.3, 0.4) is 0 Å². The van der Waals surface area contributed by atoms with Crippen LogP contribution in [0.4, 0.5) is 0 Å². The summed E-state index contributed by atoms with van der Waals surface area (Å²) in [6, 6.07) is 6.84. The topological polar surface area (TPSA) is 49.9 Å². The summed E-state index contributed by atoms with van der Waals surface area (Å²) in [5.41, 5.74) is 0.526. The highest BCUT2D eigenvalue weighted by Gasteiger charge is 2.36. The Balaban J connectivity index is 2.25. The number of benzene rings is 1. The molecule has 2 amide bonds. The van der Waals surface area contributed by atoms with Crippen molar-refractivity contribution < 1.29 is 14.3 Å². The maximum Gasteiger partial charge on any atom is 0.258 e. The van der Waals surface area contributed by atoms with Crippen LogP contribution in [0.25, 0.3) is 0 Å². The van der Waals surface area contributed by atoms with Crippen molar-refractivity contribution in [2.75, 3.05) is 27.2 Å². The number of nitrogens with zero attached hydrogens (tertiary/aromatic N) is 2. The molecule has 1 aliphatic heterocycles. The molecule has 0 saturated carbocycles. The molecule has 1 aromatic rings. The van der Waals surface area contributed by atoms with Gasteiger partial charge in [0.2, 0.25) is 5.91 Å². The van der Waals surface area contributed by atoms with Crippen molar-refractivity contribution in [3.05, 3.63) is 29.8 Å². The number of para-hydroxylation sites is 1. The molecule has 1 aliphatic rings. The molecule has 114 valence electrons. The highest BCUT2D eigenvalue weighted by atomic mass is 16.5. The van der Waals surface area contributed by atoms with Crippen LogP contribution in [0.1, 0.15) is 30.1 Å². The lowest BCUT2D eigenvalue weighted by Crippen LogP contribution is -2.45. The fraction of sp³-hybridized carbons (Fsp3) is 0.500. The third-order valence-corrected chi connectivity index (χ3v) is 3.66. The highest BCUT2D eigenvalue weighted by molar-refractivity contribution is 6.00. The van der Waals surface area contributed by atoms with Crippen molar-refractivity contribution in [2.24, 2.45) is 0 Å². The van der Waals surface area contributed by atoms with E-state index in [1.54, 1.807) is 36.0 Å². The lowest BCUT2D eigenvalue weighted by atomic mass is 10.1. The Morgan fingerprint density at radius 1 is 1.33 bits per heavy atom.